The number of fused-ring (bicyclic) bond motifs is 1. The van der Waals surface area contributed by atoms with Gasteiger partial charge in [-0.25, -0.2) is 0 Å². The summed E-state index contributed by atoms with van der Waals surface area (Å²) in [7, 11) is 3.88. The number of rotatable bonds is 6. The highest BCUT2D eigenvalue weighted by Gasteiger charge is 2.31. The third-order valence-corrected chi connectivity index (χ3v) is 4.67. The number of ether oxygens (including phenoxy) is 1. The van der Waals surface area contributed by atoms with Gasteiger partial charge in [0.05, 0.1) is 6.61 Å². The van der Waals surface area contributed by atoms with Crippen LogP contribution in [0.15, 0.2) is 24.3 Å². The second-order valence-electron chi connectivity index (χ2n) is 6.25. The van der Waals surface area contributed by atoms with Crippen LogP contribution in [-0.4, -0.2) is 44.3 Å². The molecule has 1 aliphatic carbocycles. The number of hydrogen-bond donors (Lipinski definition) is 1. The van der Waals surface area contributed by atoms with Crippen molar-refractivity contribution in [2.45, 2.75) is 51.2 Å². The molecule has 1 aromatic carbocycles. The van der Waals surface area contributed by atoms with Gasteiger partial charge in [-0.2, -0.15) is 0 Å². The lowest BCUT2D eigenvalue weighted by Gasteiger charge is -2.39. The molecule has 1 N–H and O–H groups in total. The molecule has 0 bridgehead atoms. The summed E-state index contributed by atoms with van der Waals surface area (Å²) in [5.41, 5.74) is 2.99. The van der Waals surface area contributed by atoms with Gasteiger partial charge in [0.25, 0.3) is 0 Å². The van der Waals surface area contributed by atoms with Gasteiger partial charge in [-0.3, -0.25) is 4.90 Å². The summed E-state index contributed by atoms with van der Waals surface area (Å²) < 4.78 is 5.32. The van der Waals surface area contributed by atoms with Gasteiger partial charge in [0.2, 0.25) is 0 Å². The smallest absolute Gasteiger partial charge is 0.0589 e. The van der Waals surface area contributed by atoms with Crippen LogP contribution >= 0.6 is 0 Å². The Labute approximate surface area is 129 Å². The van der Waals surface area contributed by atoms with Crippen molar-refractivity contribution in [2.75, 3.05) is 27.3 Å². The maximum Gasteiger partial charge on any atom is 0.0589 e. The van der Waals surface area contributed by atoms with Crippen LogP contribution in [0, 0.1) is 0 Å². The normalized spacial score (nSPS) is 22.4. The average Bonchev–Trinajstić information content (AvgIpc) is 2.66. The largest absolute Gasteiger partial charge is 0.383 e. The number of likely N-dealkylation sites (N-methyl/N-ethyl adjacent to an activating group) is 1. The first-order valence-electron chi connectivity index (χ1n) is 8.18. The average molecular weight is 290 g/mol. The molecule has 2 rings (SSSR count). The molecular weight excluding hydrogens is 260 g/mol. The molecule has 1 aliphatic rings. The molecule has 3 heteroatoms. The van der Waals surface area contributed by atoms with E-state index >= 15 is 0 Å². The molecule has 0 aromatic heterocycles. The van der Waals surface area contributed by atoms with Crippen molar-refractivity contribution in [3.05, 3.63) is 35.4 Å². The maximum atomic E-state index is 5.32. The zero-order valence-electron chi connectivity index (χ0n) is 13.9. The minimum Gasteiger partial charge on any atom is -0.383 e. The van der Waals surface area contributed by atoms with Crippen LogP contribution in [0.4, 0.5) is 0 Å². The van der Waals surface area contributed by atoms with E-state index in [1.165, 1.54) is 30.4 Å². The van der Waals surface area contributed by atoms with E-state index < -0.39 is 0 Å². The molecule has 0 saturated carbocycles. The van der Waals surface area contributed by atoms with Gasteiger partial charge in [0.1, 0.15) is 0 Å². The first kappa shape index (κ1) is 16.5. The fourth-order valence-corrected chi connectivity index (χ4v) is 3.65. The summed E-state index contributed by atoms with van der Waals surface area (Å²) in [5.74, 6) is 0. The van der Waals surface area contributed by atoms with Gasteiger partial charge in [0, 0.05) is 31.8 Å². The van der Waals surface area contributed by atoms with Crippen LogP contribution in [0.5, 0.6) is 0 Å². The minimum atomic E-state index is 0.406. The van der Waals surface area contributed by atoms with Crippen LogP contribution in [0.1, 0.15) is 43.9 Å². The predicted octanol–water partition coefficient (Wildman–Crippen LogP) is 3.01. The topological polar surface area (TPSA) is 24.5 Å². The van der Waals surface area contributed by atoms with Gasteiger partial charge < -0.3 is 10.1 Å². The molecule has 0 saturated heterocycles. The minimum absolute atomic E-state index is 0.406. The highest BCUT2D eigenvalue weighted by atomic mass is 16.5. The molecule has 2 unspecified atom stereocenters. The Morgan fingerprint density at radius 1 is 1.33 bits per heavy atom. The summed E-state index contributed by atoms with van der Waals surface area (Å²) in [6.45, 7) is 6.38. The number of methoxy groups -OCH3 is 1. The van der Waals surface area contributed by atoms with E-state index in [9.17, 15) is 0 Å². The molecule has 2 atom stereocenters. The predicted molar refractivity (Wildman–Crippen MR) is 88.7 cm³/mol. The second kappa shape index (κ2) is 7.92. The SMILES string of the molecule is CNC1c2ccccc2CCCC1N(CCOC)C(C)C. The summed E-state index contributed by atoms with van der Waals surface area (Å²) in [6, 6.07) is 10.4. The van der Waals surface area contributed by atoms with E-state index in [0.717, 1.165) is 13.2 Å². The fraction of sp³-hybridized carbons (Fsp3) is 0.667. The van der Waals surface area contributed by atoms with Crippen molar-refractivity contribution in [1.29, 1.82) is 0 Å². The van der Waals surface area contributed by atoms with E-state index in [1.54, 1.807) is 7.11 Å². The molecule has 0 aliphatic heterocycles. The van der Waals surface area contributed by atoms with Crippen molar-refractivity contribution in [2.24, 2.45) is 0 Å². The number of nitrogens with zero attached hydrogens (tertiary/aromatic N) is 1. The van der Waals surface area contributed by atoms with Crippen LogP contribution in [0.2, 0.25) is 0 Å². The summed E-state index contributed by atoms with van der Waals surface area (Å²) in [5, 5.41) is 3.58. The highest BCUT2D eigenvalue weighted by Crippen LogP contribution is 2.32. The highest BCUT2D eigenvalue weighted by molar-refractivity contribution is 5.32. The molecule has 0 spiro atoms. The van der Waals surface area contributed by atoms with Gasteiger partial charge in [-0.05, 0) is 51.3 Å². The van der Waals surface area contributed by atoms with E-state index in [1.807, 2.05) is 0 Å². The Hall–Kier alpha value is -0.900. The number of hydrogen-bond acceptors (Lipinski definition) is 3. The third-order valence-electron chi connectivity index (χ3n) is 4.67. The lowest BCUT2D eigenvalue weighted by atomic mass is 9.94. The fourth-order valence-electron chi connectivity index (χ4n) is 3.65. The standard InChI is InChI=1S/C18H30N2O/c1-14(2)20(12-13-21-4)17-11-7-9-15-8-5-6-10-16(15)18(17)19-3/h5-6,8,10,14,17-19H,7,9,11-13H2,1-4H3. The van der Waals surface area contributed by atoms with Crippen molar-refractivity contribution in [3.8, 4) is 0 Å². The van der Waals surface area contributed by atoms with E-state index in [-0.39, 0.29) is 0 Å². The van der Waals surface area contributed by atoms with Gasteiger partial charge in [-0.1, -0.05) is 24.3 Å². The Balaban J connectivity index is 2.28. The first-order valence-corrected chi connectivity index (χ1v) is 8.18. The molecule has 21 heavy (non-hydrogen) atoms. The lowest BCUT2D eigenvalue weighted by molar-refractivity contribution is 0.0750. The van der Waals surface area contributed by atoms with Crippen LogP contribution < -0.4 is 5.32 Å². The first-order chi connectivity index (χ1) is 10.2. The quantitative estimate of drug-likeness (QED) is 0.815. The molecule has 0 radical (unpaired) electrons. The zero-order chi connectivity index (χ0) is 15.2. The van der Waals surface area contributed by atoms with E-state index in [2.05, 4.69) is 55.4 Å². The Bertz CT molecular complexity index is 433. The maximum absolute atomic E-state index is 5.32. The van der Waals surface area contributed by atoms with Crippen molar-refractivity contribution in [3.63, 3.8) is 0 Å². The van der Waals surface area contributed by atoms with Crippen molar-refractivity contribution < 1.29 is 4.74 Å². The summed E-state index contributed by atoms with van der Waals surface area (Å²) in [6.07, 6.45) is 3.69. The van der Waals surface area contributed by atoms with Gasteiger partial charge in [-0.15, -0.1) is 0 Å². The monoisotopic (exact) mass is 290 g/mol. The van der Waals surface area contributed by atoms with E-state index in [0.29, 0.717) is 18.1 Å². The number of benzene rings is 1. The summed E-state index contributed by atoms with van der Waals surface area (Å²) >= 11 is 0. The second-order valence-corrected chi connectivity index (χ2v) is 6.25. The summed E-state index contributed by atoms with van der Waals surface area (Å²) in [4.78, 5) is 2.60. The third kappa shape index (κ3) is 3.85. The molecule has 1 aromatic rings. The Kier molecular flexibility index (Phi) is 6.22. The Morgan fingerprint density at radius 3 is 2.76 bits per heavy atom. The van der Waals surface area contributed by atoms with Crippen LogP contribution in [0.3, 0.4) is 0 Å². The molecule has 0 fully saturated rings. The molecule has 3 nitrogen and oxygen atoms in total. The molecule has 0 amide bonds. The van der Waals surface area contributed by atoms with Gasteiger partial charge >= 0.3 is 0 Å². The van der Waals surface area contributed by atoms with Gasteiger partial charge in [0.15, 0.2) is 0 Å². The number of nitrogens with one attached hydrogen (secondary N) is 1. The zero-order valence-corrected chi connectivity index (χ0v) is 13.9. The molecule has 0 heterocycles. The van der Waals surface area contributed by atoms with Crippen molar-refractivity contribution >= 4 is 0 Å². The van der Waals surface area contributed by atoms with E-state index in [4.69, 9.17) is 4.74 Å². The molecular formula is C18H30N2O. The van der Waals surface area contributed by atoms with Crippen LogP contribution in [0.25, 0.3) is 0 Å². The molecule has 118 valence electrons. The van der Waals surface area contributed by atoms with Crippen LogP contribution in [-0.2, 0) is 11.2 Å². The lowest BCUT2D eigenvalue weighted by Crippen LogP contribution is -2.48. The Morgan fingerprint density at radius 2 is 2.10 bits per heavy atom. The number of aryl methyl sites for hydroxylation is 1. The van der Waals surface area contributed by atoms with Crippen molar-refractivity contribution in [1.82, 2.24) is 10.2 Å².